The SMILES string of the molecule is CO[C@@]12CCC(=O)C[C@@]13CCN(CC1CCC1)C2Cc1cccc(Oc2nnnn2-c2ccccc2)c13. The molecule has 4 aliphatic rings. The Bertz CT molecular complexity index is 1320. The number of tetrazole rings is 1. The minimum absolute atomic E-state index is 0.261. The molecule has 37 heavy (non-hydrogen) atoms. The summed E-state index contributed by atoms with van der Waals surface area (Å²) in [5.74, 6) is 1.83. The predicted molar refractivity (Wildman–Crippen MR) is 137 cm³/mol. The molecule has 1 aromatic heterocycles. The fraction of sp³-hybridized carbons (Fsp3) is 0.517. The lowest BCUT2D eigenvalue weighted by Gasteiger charge is -2.65. The summed E-state index contributed by atoms with van der Waals surface area (Å²) in [6.07, 6.45) is 7.61. The minimum atomic E-state index is -0.424. The Kier molecular flexibility index (Phi) is 5.44. The Morgan fingerprint density at radius 2 is 1.95 bits per heavy atom. The Labute approximate surface area is 216 Å². The molecular weight excluding hydrogens is 466 g/mol. The molecule has 0 spiro atoms. The fourth-order valence-corrected chi connectivity index (χ4v) is 7.74. The number of Topliss-reactive ketones (excluding diaryl/α,β-unsaturated/α-hetero) is 1. The Hall–Kier alpha value is -3.10. The first-order valence-electron chi connectivity index (χ1n) is 13.6. The number of ether oxygens (including phenoxy) is 2. The average molecular weight is 500 g/mol. The van der Waals surface area contributed by atoms with Crippen molar-refractivity contribution in [1.29, 1.82) is 0 Å². The molecule has 3 aromatic rings. The molecule has 192 valence electrons. The van der Waals surface area contributed by atoms with Crippen LogP contribution in [-0.4, -0.2) is 62.7 Å². The van der Waals surface area contributed by atoms with Gasteiger partial charge in [0.15, 0.2) is 0 Å². The molecule has 8 nitrogen and oxygen atoms in total. The van der Waals surface area contributed by atoms with E-state index in [1.165, 1.54) is 24.8 Å². The topological polar surface area (TPSA) is 82.4 Å². The molecule has 2 saturated carbocycles. The van der Waals surface area contributed by atoms with Crippen LogP contribution >= 0.6 is 0 Å². The lowest BCUT2D eigenvalue weighted by molar-refractivity contribution is -0.189. The predicted octanol–water partition coefficient (Wildman–Crippen LogP) is 4.26. The number of aromatic nitrogens is 4. The first-order chi connectivity index (χ1) is 18.1. The van der Waals surface area contributed by atoms with E-state index in [0.717, 1.165) is 55.3 Å². The van der Waals surface area contributed by atoms with Gasteiger partial charge in [0.1, 0.15) is 11.5 Å². The summed E-state index contributed by atoms with van der Waals surface area (Å²) in [6.45, 7) is 2.12. The van der Waals surface area contributed by atoms with Crippen LogP contribution in [0.25, 0.3) is 5.69 Å². The van der Waals surface area contributed by atoms with E-state index in [1.807, 2.05) is 43.5 Å². The second-order valence-corrected chi connectivity index (χ2v) is 11.3. The lowest BCUT2D eigenvalue weighted by atomic mass is 9.49. The van der Waals surface area contributed by atoms with Gasteiger partial charge in [-0.3, -0.25) is 9.69 Å². The van der Waals surface area contributed by atoms with Gasteiger partial charge in [0.05, 0.1) is 11.3 Å². The third kappa shape index (κ3) is 3.42. The van der Waals surface area contributed by atoms with Crippen molar-refractivity contribution in [2.75, 3.05) is 20.2 Å². The van der Waals surface area contributed by atoms with Crippen LogP contribution in [0.5, 0.6) is 11.8 Å². The molecular formula is C29H33N5O3. The summed E-state index contributed by atoms with van der Waals surface area (Å²) in [5.41, 5.74) is 2.36. The Balaban J connectivity index is 1.34. The van der Waals surface area contributed by atoms with Crippen molar-refractivity contribution in [3.8, 4) is 17.4 Å². The van der Waals surface area contributed by atoms with Gasteiger partial charge >= 0.3 is 6.01 Å². The zero-order valence-corrected chi connectivity index (χ0v) is 21.3. The van der Waals surface area contributed by atoms with E-state index in [4.69, 9.17) is 9.47 Å². The van der Waals surface area contributed by atoms with Gasteiger partial charge in [0.25, 0.3) is 0 Å². The van der Waals surface area contributed by atoms with Crippen LogP contribution in [0.4, 0.5) is 0 Å². The molecule has 8 heteroatoms. The Morgan fingerprint density at radius 1 is 1.08 bits per heavy atom. The van der Waals surface area contributed by atoms with Crippen LogP contribution in [-0.2, 0) is 21.4 Å². The highest BCUT2D eigenvalue weighted by atomic mass is 16.5. The van der Waals surface area contributed by atoms with Crippen LogP contribution in [0.3, 0.4) is 0 Å². The number of fused-ring (bicyclic) bond motifs is 1. The fourth-order valence-electron chi connectivity index (χ4n) is 7.74. The van der Waals surface area contributed by atoms with Gasteiger partial charge in [0, 0.05) is 43.5 Å². The van der Waals surface area contributed by atoms with Gasteiger partial charge in [-0.05, 0) is 78.8 Å². The molecule has 2 aromatic carbocycles. The van der Waals surface area contributed by atoms with Crippen molar-refractivity contribution in [3.05, 3.63) is 59.7 Å². The number of para-hydroxylation sites is 1. The summed E-state index contributed by atoms with van der Waals surface area (Å²) in [7, 11) is 1.86. The first kappa shape index (κ1) is 23.0. The van der Waals surface area contributed by atoms with Gasteiger partial charge in [-0.15, -0.1) is 0 Å². The molecule has 1 saturated heterocycles. The summed E-state index contributed by atoms with van der Waals surface area (Å²) in [5, 5.41) is 12.3. The molecule has 1 unspecified atom stereocenters. The molecule has 2 heterocycles. The molecule has 0 amide bonds. The lowest BCUT2D eigenvalue weighted by Crippen LogP contribution is -2.74. The van der Waals surface area contributed by atoms with E-state index in [-0.39, 0.29) is 6.04 Å². The van der Waals surface area contributed by atoms with Crippen molar-refractivity contribution in [2.24, 2.45) is 5.92 Å². The number of likely N-dealkylation sites (tertiary alicyclic amines) is 1. The second-order valence-electron chi connectivity index (χ2n) is 11.3. The number of rotatable bonds is 6. The molecule has 0 radical (unpaired) electrons. The van der Waals surface area contributed by atoms with Crippen molar-refractivity contribution < 1.29 is 14.3 Å². The van der Waals surface area contributed by atoms with Crippen molar-refractivity contribution in [1.82, 2.24) is 25.1 Å². The van der Waals surface area contributed by atoms with E-state index in [1.54, 1.807) is 4.68 Å². The van der Waals surface area contributed by atoms with Gasteiger partial charge in [-0.2, -0.15) is 4.68 Å². The van der Waals surface area contributed by atoms with Crippen LogP contribution in [0.15, 0.2) is 48.5 Å². The van der Waals surface area contributed by atoms with E-state index >= 15 is 0 Å². The first-order valence-corrected chi connectivity index (χ1v) is 13.6. The van der Waals surface area contributed by atoms with Crippen LogP contribution in [0, 0.1) is 5.92 Å². The van der Waals surface area contributed by atoms with Crippen molar-refractivity contribution in [3.63, 3.8) is 0 Å². The quantitative estimate of drug-likeness (QED) is 0.501. The highest BCUT2D eigenvalue weighted by Crippen LogP contribution is 2.61. The van der Waals surface area contributed by atoms with Gasteiger partial charge in [0.2, 0.25) is 0 Å². The summed E-state index contributed by atoms with van der Waals surface area (Å²) in [6, 6.07) is 16.6. The number of methoxy groups -OCH3 is 1. The third-order valence-electron chi connectivity index (χ3n) is 9.62. The van der Waals surface area contributed by atoms with Gasteiger partial charge in [-0.25, -0.2) is 0 Å². The average Bonchev–Trinajstić information content (AvgIpc) is 3.35. The maximum Gasteiger partial charge on any atom is 0.345 e. The van der Waals surface area contributed by atoms with E-state index in [9.17, 15) is 4.79 Å². The van der Waals surface area contributed by atoms with E-state index in [0.29, 0.717) is 24.6 Å². The summed E-state index contributed by atoms with van der Waals surface area (Å²) < 4.78 is 14.7. The van der Waals surface area contributed by atoms with Gasteiger partial charge in [-0.1, -0.05) is 41.9 Å². The van der Waals surface area contributed by atoms with Crippen molar-refractivity contribution >= 4 is 5.78 Å². The smallest absolute Gasteiger partial charge is 0.345 e. The maximum absolute atomic E-state index is 13.1. The molecule has 3 aliphatic carbocycles. The number of ketones is 1. The normalized spacial score (nSPS) is 29.3. The zero-order chi connectivity index (χ0) is 25.0. The highest BCUT2D eigenvalue weighted by molar-refractivity contribution is 5.83. The number of carbonyl (C=O) groups excluding carboxylic acids is 1. The van der Waals surface area contributed by atoms with Crippen LogP contribution in [0.2, 0.25) is 0 Å². The molecule has 0 N–H and O–H groups in total. The summed E-state index contributed by atoms with van der Waals surface area (Å²) >= 11 is 0. The van der Waals surface area contributed by atoms with Crippen LogP contribution in [0.1, 0.15) is 56.1 Å². The van der Waals surface area contributed by atoms with Crippen molar-refractivity contribution in [2.45, 2.75) is 68.4 Å². The maximum atomic E-state index is 13.1. The largest absolute Gasteiger partial charge is 0.423 e. The third-order valence-corrected chi connectivity index (χ3v) is 9.62. The standard InChI is InChI=1S/C29H33N5O3/c1-36-29-14-13-23(35)18-28(29)15-16-33(19-20-7-5-8-20)25(29)17-21-9-6-12-24(26(21)28)37-27-30-31-32-34(27)22-10-3-2-4-11-22/h2-4,6,9-12,20,25H,5,7-8,13-19H2,1H3/t25?,28-,29-/m1/s1. The molecule has 7 rings (SSSR count). The highest BCUT2D eigenvalue weighted by Gasteiger charge is 2.66. The number of hydrogen-bond donors (Lipinski definition) is 0. The van der Waals surface area contributed by atoms with Crippen LogP contribution < -0.4 is 4.74 Å². The molecule has 2 bridgehead atoms. The molecule has 1 aliphatic heterocycles. The van der Waals surface area contributed by atoms with E-state index in [2.05, 4.69) is 32.6 Å². The molecule has 3 atom stereocenters. The zero-order valence-electron chi connectivity index (χ0n) is 21.3. The summed E-state index contributed by atoms with van der Waals surface area (Å²) in [4.78, 5) is 15.8. The number of benzene rings is 2. The number of carbonyl (C=O) groups is 1. The van der Waals surface area contributed by atoms with Gasteiger partial charge < -0.3 is 9.47 Å². The Morgan fingerprint density at radius 3 is 2.73 bits per heavy atom. The monoisotopic (exact) mass is 499 g/mol. The number of nitrogens with zero attached hydrogens (tertiary/aromatic N) is 5. The van der Waals surface area contributed by atoms with E-state index < -0.39 is 11.0 Å². The molecule has 3 fully saturated rings. The number of piperidine rings is 1. The minimum Gasteiger partial charge on any atom is -0.423 e. The number of hydrogen-bond acceptors (Lipinski definition) is 7. The second kappa shape index (κ2) is 8.74.